The van der Waals surface area contributed by atoms with E-state index in [1.807, 2.05) is 13.8 Å². The zero-order valence-corrected chi connectivity index (χ0v) is 23.3. The van der Waals surface area contributed by atoms with Crippen LogP contribution >= 0.6 is 0 Å². The maximum absolute atomic E-state index is 10.7. The maximum Gasteiger partial charge on any atom is 0.310 e. The van der Waals surface area contributed by atoms with Crippen LogP contribution < -0.4 is 5.46 Å². The summed E-state index contributed by atoms with van der Waals surface area (Å²) < 4.78 is 13.1. The van der Waals surface area contributed by atoms with Crippen LogP contribution in [0.3, 0.4) is 0 Å². The number of furan rings is 1. The van der Waals surface area contributed by atoms with Gasteiger partial charge in [-0.2, -0.15) is 0 Å². The monoisotopic (exact) mass is 522 g/mol. The topological polar surface area (TPSA) is 42.6 Å². The van der Waals surface area contributed by atoms with Crippen LogP contribution in [-0.2, 0) is 4.65 Å². The molecule has 0 aliphatic heterocycles. The van der Waals surface area contributed by atoms with Crippen LogP contribution in [0.5, 0.6) is 0 Å². The first-order valence-electron chi connectivity index (χ1n) is 13.9. The Morgan fingerprint density at radius 3 is 1.80 bits per heavy atom. The third-order valence-corrected chi connectivity index (χ3v) is 8.73. The van der Waals surface area contributed by atoms with E-state index in [2.05, 4.69) is 103 Å². The number of hydrogen-bond donors (Lipinski definition) is 1. The molecule has 0 atom stereocenters. The predicted molar refractivity (Wildman–Crippen MR) is 170 cm³/mol. The molecule has 4 heteroatoms. The minimum Gasteiger partial charge on any atom is -0.455 e. The molecule has 7 aromatic rings. The predicted octanol–water partition coefficient (Wildman–Crippen LogP) is 8.26. The van der Waals surface area contributed by atoms with Gasteiger partial charge in [-0.25, -0.2) is 0 Å². The standard InChI is InChI=1S/C36H31BO3/c1-35(2,38)36(3,4)40-37-33-26-16-9-7-14-24(26)32(25-15-8-10-17-27(25)33)29-19-11-18-28-30-20-22-12-5-6-13-23(22)21-31(30)39-34(28)29/h5-21,37-38H,1-4H3. The number of fused-ring (bicyclic) bond motifs is 6. The summed E-state index contributed by atoms with van der Waals surface area (Å²) in [5, 5.41) is 19.9. The Hall–Kier alpha value is -4.12. The summed E-state index contributed by atoms with van der Waals surface area (Å²) in [6.07, 6.45) is 0. The van der Waals surface area contributed by atoms with Crippen molar-refractivity contribution in [1.82, 2.24) is 0 Å². The fraction of sp³-hybridized carbons (Fsp3) is 0.167. The van der Waals surface area contributed by atoms with Gasteiger partial charge >= 0.3 is 7.48 Å². The first kappa shape index (κ1) is 24.9. The molecule has 6 aromatic carbocycles. The van der Waals surface area contributed by atoms with Crippen LogP contribution in [0.2, 0.25) is 0 Å². The first-order valence-corrected chi connectivity index (χ1v) is 13.9. The molecule has 1 N–H and O–H groups in total. The average molecular weight is 522 g/mol. The van der Waals surface area contributed by atoms with Gasteiger partial charge in [0.05, 0.1) is 11.2 Å². The minimum absolute atomic E-state index is 0.389. The molecule has 0 saturated carbocycles. The summed E-state index contributed by atoms with van der Waals surface area (Å²) in [4.78, 5) is 0. The van der Waals surface area contributed by atoms with E-state index in [1.54, 1.807) is 13.8 Å². The van der Waals surface area contributed by atoms with Crippen molar-refractivity contribution in [3.8, 4) is 11.1 Å². The van der Waals surface area contributed by atoms with E-state index in [0.717, 1.165) is 60.1 Å². The molecule has 0 saturated heterocycles. The average Bonchev–Trinajstić information content (AvgIpc) is 3.31. The zero-order valence-electron chi connectivity index (χ0n) is 23.3. The fourth-order valence-corrected chi connectivity index (χ4v) is 5.77. The molecule has 1 heterocycles. The second kappa shape index (κ2) is 8.95. The molecule has 7 rings (SSSR count). The lowest BCUT2D eigenvalue weighted by molar-refractivity contribution is -0.0892. The van der Waals surface area contributed by atoms with Crippen molar-refractivity contribution in [2.75, 3.05) is 0 Å². The highest BCUT2D eigenvalue weighted by molar-refractivity contribution is 6.57. The highest BCUT2D eigenvalue weighted by atomic mass is 16.5. The van der Waals surface area contributed by atoms with E-state index in [0.29, 0.717) is 7.48 Å². The summed E-state index contributed by atoms with van der Waals surface area (Å²) in [6, 6.07) is 36.4. The smallest absolute Gasteiger partial charge is 0.310 e. The molecule has 196 valence electrons. The van der Waals surface area contributed by atoms with Gasteiger partial charge in [0.1, 0.15) is 11.2 Å². The second-order valence-corrected chi connectivity index (χ2v) is 11.8. The van der Waals surface area contributed by atoms with Gasteiger partial charge in [-0.05, 0) is 77.6 Å². The Bertz CT molecular complexity index is 2020. The molecule has 0 radical (unpaired) electrons. The Morgan fingerprint density at radius 1 is 0.625 bits per heavy atom. The van der Waals surface area contributed by atoms with E-state index in [-0.39, 0.29) is 0 Å². The lowest BCUT2D eigenvalue weighted by atomic mass is 9.75. The van der Waals surface area contributed by atoms with Crippen LogP contribution in [0, 0.1) is 0 Å². The van der Waals surface area contributed by atoms with Gasteiger partial charge < -0.3 is 14.2 Å². The molecule has 3 nitrogen and oxygen atoms in total. The first-order chi connectivity index (χ1) is 19.2. The lowest BCUT2D eigenvalue weighted by Crippen LogP contribution is -2.49. The quantitative estimate of drug-likeness (QED) is 0.183. The van der Waals surface area contributed by atoms with Gasteiger partial charge in [-0.1, -0.05) is 91.0 Å². The number of benzene rings is 6. The van der Waals surface area contributed by atoms with Crippen molar-refractivity contribution < 1.29 is 14.2 Å². The zero-order chi connectivity index (χ0) is 27.6. The third kappa shape index (κ3) is 3.82. The van der Waals surface area contributed by atoms with Crippen molar-refractivity contribution in [3.63, 3.8) is 0 Å². The largest absolute Gasteiger partial charge is 0.455 e. The molecule has 0 bridgehead atoms. The van der Waals surface area contributed by atoms with Gasteiger partial charge in [-0.3, -0.25) is 0 Å². The summed E-state index contributed by atoms with van der Waals surface area (Å²) >= 11 is 0. The molecule has 1 aromatic heterocycles. The summed E-state index contributed by atoms with van der Waals surface area (Å²) in [5.74, 6) is 0. The SMILES string of the molecule is CC(C)(O)C(C)(C)OBc1c2ccccc2c(-c2cccc3c2oc2cc4ccccc4cc23)c2ccccc12. The molecule has 0 unspecified atom stereocenters. The van der Waals surface area contributed by atoms with Crippen molar-refractivity contribution in [2.45, 2.75) is 38.9 Å². The number of rotatable bonds is 5. The number of para-hydroxylation sites is 1. The van der Waals surface area contributed by atoms with Crippen molar-refractivity contribution in [3.05, 3.63) is 103 Å². The highest BCUT2D eigenvalue weighted by Crippen LogP contribution is 2.42. The summed E-state index contributed by atoms with van der Waals surface area (Å²) in [7, 11) is 0.389. The highest BCUT2D eigenvalue weighted by Gasteiger charge is 2.36. The van der Waals surface area contributed by atoms with Crippen molar-refractivity contribution in [2.24, 2.45) is 0 Å². The molecule has 0 spiro atoms. The van der Waals surface area contributed by atoms with Gasteiger partial charge in [0, 0.05) is 21.9 Å². The number of hydrogen-bond acceptors (Lipinski definition) is 3. The maximum atomic E-state index is 10.7. The van der Waals surface area contributed by atoms with Gasteiger partial charge in [0.2, 0.25) is 0 Å². The molecule has 40 heavy (non-hydrogen) atoms. The van der Waals surface area contributed by atoms with Gasteiger partial charge in [0.15, 0.2) is 0 Å². The molecular weight excluding hydrogens is 491 g/mol. The Labute approximate surface area is 234 Å². The normalized spacial score (nSPS) is 12.7. The van der Waals surface area contributed by atoms with Gasteiger partial charge in [-0.15, -0.1) is 0 Å². The van der Waals surface area contributed by atoms with E-state index in [9.17, 15) is 5.11 Å². The van der Waals surface area contributed by atoms with Crippen LogP contribution in [0.4, 0.5) is 0 Å². The van der Waals surface area contributed by atoms with Crippen LogP contribution in [0.1, 0.15) is 27.7 Å². The van der Waals surface area contributed by atoms with Gasteiger partial charge in [0.25, 0.3) is 0 Å². The Balaban J connectivity index is 1.51. The molecule has 0 aliphatic rings. The third-order valence-electron chi connectivity index (χ3n) is 8.73. The van der Waals surface area contributed by atoms with Crippen LogP contribution in [0.25, 0.3) is 65.4 Å². The molecular formula is C36H31BO3. The second-order valence-electron chi connectivity index (χ2n) is 11.8. The Kier molecular flexibility index (Phi) is 5.57. The number of aliphatic hydroxyl groups is 1. The molecule has 0 amide bonds. The van der Waals surface area contributed by atoms with Crippen molar-refractivity contribution in [1.29, 1.82) is 0 Å². The van der Waals surface area contributed by atoms with E-state index in [4.69, 9.17) is 9.07 Å². The Morgan fingerprint density at radius 2 is 1.18 bits per heavy atom. The summed E-state index contributed by atoms with van der Waals surface area (Å²) in [5.41, 5.74) is 3.44. The van der Waals surface area contributed by atoms with Crippen LogP contribution in [0.15, 0.2) is 108 Å². The minimum atomic E-state index is -0.986. The summed E-state index contributed by atoms with van der Waals surface area (Å²) in [6.45, 7) is 7.47. The molecule has 0 fully saturated rings. The lowest BCUT2D eigenvalue weighted by Gasteiger charge is -2.37. The molecule has 0 aliphatic carbocycles. The van der Waals surface area contributed by atoms with E-state index in [1.165, 1.54) is 10.8 Å². The fourth-order valence-electron chi connectivity index (χ4n) is 5.77. The van der Waals surface area contributed by atoms with Crippen LogP contribution in [-0.4, -0.2) is 23.8 Å². The van der Waals surface area contributed by atoms with Crippen molar-refractivity contribution >= 4 is 67.2 Å². The van der Waals surface area contributed by atoms with E-state index >= 15 is 0 Å². The van der Waals surface area contributed by atoms with E-state index < -0.39 is 11.2 Å².